The van der Waals surface area contributed by atoms with Gasteiger partial charge in [0.15, 0.2) is 0 Å². The largest absolute Gasteiger partial charge is 0.379 e. The summed E-state index contributed by atoms with van der Waals surface area (Å²) < 4.78 is 5.38. The SMILES string of the molecule is COC(C(C)C)C(N)c1sccc1Cl. The predicted molar refractivity (Wildman–Crippen MR) is 61.9 cm³/mol. The van der Waals surface area contributed by atoms with Crippen LogP contribution in [0.25, 0.3) is 0 Å². The summed E-state index contributed by atoms with van der Waals surface area (Å²) >= 11 is 7.60. The highest BCUT2D eigenvalue weighted by molar-refractivity contribution is 7.10. The van der Waals surface area contributed by atoms with Gasteiger partial charge in [-0.1, -0.05) is 25.4 Å². The van der Waals surface area contributed by atoms with Gasteiger partial charge in [0.2, 0.25) is 0 Å². The van der Waals surface area contributed by atoms with Crippen molar-refractivity contribution in [2.45, 2.75) is 26.0 Å². The first-order valence-electron chi connectivity index (χ1n) is 4.59. The fourth-order valence-electron chi connectivity index (χ4n) is 1.53. The van der Waals surface area contributed by atoms with Gasteiger partial charge in [0.05, 0.1) is 17.2 Å². The minimum Gasteiger partial charge on any atom is -0.379 e. The Hall–Kier alpha value is -0.0900. The Balaban J connectivity index is 2.83. The zero-order chi connectivity index (χ0) is 10.7. The highest BCUT2D eigenvalue weighted by Crippen LogP contribution is 2.31. The van der Waals surface area contributed by atoms with Gasteiger partial charge < -0.3 is 10.5 Å². The van der Waals surface area contributed by atoms with E-state index < -0.39 is 0 Å². The summed E-state index contributed by atoms with van der Waals surface area (Å²) in [6, 6.07) is 1.74. The van der Waals surface area contributed by atoms with Crippen molar-refractivity contribution in [3.63, 3.8) is 0 Å². The topological polar surface area (TPSA) is 35.2 Å². The first kappa shape index (κ1) is 12.0. The molecule has 1 rings (SSSR count). The van der Waals surface area contributed by atoms with Crippen LogP contribution in [0, 0.1) is 5.92 Å². The zero-order valence-electron chi connectivity index (χ0n) is 8.66. The average molecular weight is 234 g/mol. The molecule has 1 aromatic heterocycles. The van der Waals surface area contributed by atoms with E-state index in [1.54, 1.807) is 18.4 Å². The van der Waals surface area contributed by atoms with Crippen molar-refractivity contribution in [1.29, 1.82) is 0 Å². The van der Waals surface area contributed by atoms with Crippen LogP contribution in [0.5, 0.6) is 0 Å². The number of hydrogen-bond donors (Lipinski definition) is 1. The van der Waals surface area contributed by atoms with E-state index in [4.69, 9.17) is 22.1 Å². The Labute approximate surface area is 94.0 Å². The molecule has 80 valence electrons. The number of hydrogen-bond acceptors (Lipinski definition) is 3. The van der Waals surface area contributed by atoms with Crippen LogP contribution < -0.4 is 5.73 Å². The van der Waals surface area contributed by atoms with E-state index in [2.05, 4.69) is 13.8 Å². The molecule has 0 bridgehead atoms. The molecule has 1 aromatic rings. The van der Waals surface area contributed by atoms with Crippen molar-refractivity contribution < 1.29 is 4.74 Å². The summed E-state index contributed by atoms with van der Waals surface area (Å²) in [6.07, 6.45) is 0.0196. The van der Waals surface area contributed by atoms with Crippen LogP contribution in [0.1, 0.15) is 24.8 Å². The van der Waals surface area contributed by atoms with Crippen molar-refractivity contribution in [3.05, 3.63) is 21.3 Å². The first-order chi connectivity index (χ1) is 6.57. The van der Waals surface area contributed by atoms with Gasteiger partial charge in [0.1, 0.15) is 0 Å². The molecule has 14 heavy (non-hydrogen) atoms. The number of rotatable bonds is 4. The smallest absolute Gasteiger partial charge is 0.0795 e. The monoisotopic (exact) mass is 233 g/mol. The average Bonchev–Trinajstić information content (AvgIpc) is 2.51. The van der Waals surface area contributed by atoms with Gasteiger partial charge in [-0.2, -0.15) is 0 Å². The highest BCUT2D eigenvalue weighted by Gasteiger charge is 2.24. The lowest BCUT2D eigenvalue weighted by atomic mass is 9.99. The molecule has 0 saturated heterocycles. The van der Waals surface area contributed by atoms with E-state index in [-0.39, 0.29) is 12.1 Å². The number of methoxy groups -OCH3 is 1. The van der Waals surface area contributed by atoms with Crippen LogP contribution in [0.2, 0.25) is 5.02 Å². The second-order valence-electron chi connectivity index (χ2n) is 3.60. The maximum absolute atomic E-state index is 6.10. The second-order valence-corrected chi connectivity index (χ2v) is 4.96. The van der Waals surface area contributed by atoms with E-state index >= 15 is 0 Å². The molecule has 2 unspecified atom stereocenters. The number of nitrogens with two attached hydrogens (primary N) is 1. The quantitative estimate of drug-likeness (QED) is 0.868. The molecule has 0 aliphatic heterocycles. The third-order valence-electron chi connectivity index (χ3n) is 2.23. The van der Waals surface area contributed by atoms with Crippen molar-refractivity contribution in [2.24, 2.45) is 11.7 Å². The summed E-state index contributed by atoms with van der Waals surface area (Å²) in [4.78, 5) is 1.01. The van der Waals surface area contributed by atoms with Crippen molar-refractivity contribution in [2.75, 3.05) is 7.11 Å². The molecule has 2 atom stereocenters. The minimum absolute atomic E-state index is 0.0196. The molecule has 0 saturated carbocycles. The molecule has 0 fully saturated rings. The Morgan fingerprint density at radius 1 is 1.50 bits per heavy atom. The maximum atomic E-state index is 6.10. The van der Waals surface area contributed by atoms with E-state index in [1.807, 2.05) is 11.4 Å². The van der Waals surface area contributed by atoms with Gasteiger partial charge >= 0.3 is 0 Å². The predicted octanol–water partition coefficient (Wildman–Crippen LogP) is 3.07. The van der Waals surface area contributed by atoms with Gasteiger partial charge in [0, 0.05) is 12.0 Å². The van der Waals surface area contributed by atoms with Gasteiger partial charge in [-0.05, 0) is 17.4 Å². The standard InChI is InChI=1S/C10H16ClNOS/c1-6(2)9(13-3)8(12)10-7(11)4-5-14-10/h4-6,8-9H,12H2,1-3H3. The van der Waals surface area contributed by atoms with Gasteiger partial charge in [0.25, 0.3) is 0 Å². The maximum Gasteiger partial charge on any atom is 0.0795 e. The molecule has 0 aromatic carbocycles. The molecule has 4 heteroatoms. The summed E-state index contributed by atoms with van der Waals surface area (Å²) in [5, 5.41) is 2.69. The lowest BCUT2D eigenvalue weighted by Gasteiger charge is -2.25. The molecule has 1 heterocycles. The van der Waals surface area contributed by atoms with Gasteiger partial charge in [-0.25, -0.2) is 0 Å². The molecule has 0 spiro atoms. The van der Waals surface area contributed by atoms with E-state index in [0.717, 1.165) is 9.90 Å². The fraction of sp³-hybridized carbons (Fsp3) is 0.600. The Morgan fingerprint density at radius 3 is 2.50 bits per heavy atom. The molecule has 2 nitrogen and oxygen atoms in total. The van der Waals surface area contributed by atoms with Crippen molar-refractivity contribution in [3.8, 4) is 0 Å². The van der Waals surface area contributed by atoms with Gasteiger partial charge in [-0.15, -0.1) is 11.3 Å². The Kier molecular flexibility index (Phi) is 4.38. The molecule has 0 radical (unpaired) electrons. The molecule has 0 aliphatic rings. The lowest BCUT2D eigenvalue weighted by Crippen LogP contribution is -2.32. The summed E-state index contributed by atoms with van der Waals surface area (Å²) in [7, 11) is 1.69. The summed E-state index contributed by atoms with van der Waals surface area (Å²) in [5.74, 6) is 0.383. The summed E-state index contributed by atoms with van der Waals surface area (Å²) in [5.41, 5.74) is 6.10. The normalized spacial score (nSPS) is 15.9. The van der Waals surface area contributed by atoms with Crippen LogP contribution in [0.15, 0.2) is 11.4 Å². The third kappa shape index (κ3) is 2.48. The molecular weight excluding hydrogens is 218 g/mol. The molecule has 0 amide bonds. The fourth-order valence-corrected chi connectivity index (χ4v) is 2.75. The Bertz CT molecular complexity index is 287. The van der Waals surface area contributed by atoms with E-state index in [0.29, 0.717) is 5.92 Å². The number of halogens is 1. The van der Waals surface area contributed by atoms with Crippen LogP contribution in [-0.2, 0) is 4.74 Å². The van der Waals surface area contributed by atoms with Crippen molar-refractivity contribution >= 4 is 22.9 Å². The minimum atomic E-state index is -0.132. The van der Waals surface area contributed by atoms with Crippen molar-refractivity contribution in [1.82, 2.24) is 0 Å². The van der Waals surface area contributed by atoms with Crippen LogP contribution >= 0.6 is 22.9 Å². The second kappa shape index (κ2) is 5.12. The summed E-state index contributed by atoms with van der Waals surface area (Å²) in [6.45, 7) is 4.19. The highest BCUT2D eigenvalue weighted by atomic mass is 35.5. The zero-order valence-corrected chi connectivity index (χ0v) is 10.2. The Morgan fingerprint density at radius 2 is 2.14 bits per heavy atom. The number of thiophene rings is 1. The van der Waals surface area contributed by atoms with E-state index in [9.17, 15) is 0 Å². The van der Waals surface area contributed by atoms with Crippen LogP contribution in [-0.4, -0.2) is 13.2 Å². The van der Waals surface area contributed by atoms with Crippen LogP contribution in [0.3, 0.4) is 0 Å². The number of ether oxygens (including phenoxy) is 1. The molecule has 2 N–H and O–H groups in total. The molecule has 0 aliphatic carbocycles. The molecular formula is C10H16ClNOS. The van der Waals surface area contributed by atoms with E-state index in [1.165, 1.54) is 0 Å². The lowest BCUT2D eigenvalue weighted by molar-refractivity contribution is 0.0446. The van der Waals surface area contributed by atoms with Gasteiger partial charge in [-0.3, -0.25) is 0 Å². The first-order valence-corrected chi connectivity index (χ1v) is 5.85. The van der Waals surface area contributed by atoms with Crippen LogP contribution in [0.4, 0.5) is 0 Å². The third-order valence-corrected chi connectivity index (χ3v) is 3.69.